The summed E-state index contributed by atoms with van der Waals surface area (Å²) in [5.74, 6) is 0.0592. The molecule has 0 aliphatic rings. The van der Waals surface area contributed by atoms with Gasteiger partial charge in [-0.15, -0.1) is 0 Å². The van der Waals surface area contributed by atoms with Gasteiger partial charge in [0, 0.05) is 24.1 Å². The largest absolute Gasteiger partial charge is 0.384 e. The van der Waals surface area contributed by atoms with Gasteiger partial charge >= 0.3 is 0 Å². The third-order valence-corrected chi connectivity index (χ3v) is 5.55. The molecule has 21 heavy (non-hydrogen) atoms. The number of sulfone groups is 1. The fourth-order valence-electron chi connectivity index (χ4n) is 1.53. The second-order valence-corrected chi connectivity index (χ2v) is 8.72. The smallest absolute Gasteiger partial charge is 0.251 e. The molecular weight excluding hydrogens is 290 g/mol. The standard InChI is InChI=1S/C14H23N3O3S/c1-9(2)11-6-10(7-12(15)17-11)13(18)16-8-14(3,4)21(5,19)20/h6-7,9H,8H2,1-5H3,(H2,15,17)(H,16,18). The molecule has 1 aromatic rings. The van der Waals surface area contributed by atoms with Crippen LogP contribution in [0.2, 0.25) is 0 Å². The Morgan fingerprint density at radius 3 is 2.43 bits per heavy atom. The molecule has 0 aliphatic heterocycles. The van der Waals surface area contributed by atoms with Crippen molar-refractivity contribution in [3.05, 3.63) is 23.4 Å². The van der Waals surface area contributed by atoms with Crippen LogP contribution in [-0.2, 0) is 9.84 Å². The maximum absolute atomic E-state index is 12.2. The number of nitrogens with zero attached hydrogens (tertiary/aromatic N) is 1. The average molecular weight is 313 g/mol. The molecule has 6 nitrogen and oxygen atoms in total. The lowest BCUT2D eigenvalue weighted by Gasteiger charge is -2.22. The summed E-state index contributed by atoms with van der Waals surface area (Å²) in [6.07, 6.45) is 1.15. The van der Waals surface area contributed by atoms with Crippen molar-refractivity contribution in [2.75, 3.05) is 18.5 Å². The monoisotopic (exact) mass is 313 g/mol. The molecule has 0 fully saturated rings. The van der Waals surface area contributed by atoms with Crippen LogP contribution in [-0.4, -0.2) is 36.9 Å². The third-order valence-electron chi connectivity index (χ3n) is 3.40. The van der Waals surface area contributed by atoms with Gasteiger partial charge in [0.15, 0.2) is 9.84 Å². The number of carbonyl (C=O) groups excluding carboxylic acids is 1. The van der Waals surface area contributed by atoms with Gasteiger partial charge in [0.2, 0.25) is 0 Å². The van der Waals surface area contributed by atoms with E-state index in [2.05, 4.69) is 10.3 Å². The lowest BCUT2D eigenvalue weighted by molar-refractivity contribution is 0.0950. The van der Waals surface area contributed by atoms with Crippen LogP contribution in [0.25, 0.3) is 0 Å². The Morgan fingerprint density at radius 2 is 1.95 bits per heavy atom. The van der Waals surface area contributed by atoms with Crippen molar-refractivity contribution in [1.82, 2.24) is 10.3 Å². The fraction of sp³-hybridized carbons (Fsp3) is 0.571. The molecule has 0 atom stereocenters. The molecule has 118 valence electrons. The topological polar surface area (TPSA) is 102 Å². The molecule has 0 bridgehead atoms. The molecule has 1 heterocycles. The lowest BCUT2D eigenvalue weighted by atomic mass is 10.1. The molecule has 1 aromatic heterocycles. The van der Waals surface area contributed by atoms with Crippen LogP contribution in [0.4, 0.5) is 5.82 Å². The van der Waals surface area contributed by atoms with Crippen molar-refractivity contribution < 1.29 is 13.2 Å². The number of nitrogen functional groups attached to an aromatic ring is 1. The van der Waals surface area contributed by atoms with E-state index >= 15 is 0 Å². The number of hydrogen-bond acceptors (Lipinski definition) is 5. The maximum atomic E-state index is 12.2. The normalized spacial score (nSPS) is 12.5. The molecule has 0 aliphatic carbocycles. The molecule has 7 heteroatoms. The quantitative estimate of drug-likeness (QED) is 0.854. The van der Waals surface area contributed by atoms with Crippen LogP contribution in [0.3, 0.4) is 0 Å². The first-order valence-corrected chi connectivity index (χ1v) is 8.58. The van der Waals surface area contributed by atoms with Crippen LogP contribution in [0.5, 0.6) is 0 Å². The molecule has 0 saturated carbocycles. The number of carbonyl (C=O) groups is 1. The van der Waals surface area contributed by atoms with Crippen molar-refractivity contribution in [3.63, 3.8) is 0 Å². The number of aromatic nitrogens is 1. The first kappa shape index (κ1) is 17.4. The molecule has 0 aromatic carbocycles. The van der Waals surface area contributed by atoms with Gasteiger partial charge in [-0.3, -0.25) is 4.79 Å². The van der Waals surface area contributed by atoms with E-state index in [1.165, 1.54) is 6.07 Å². The van der Waals surface area contributed by atoms with Crippen LogP contribution in [0.1, 0.15) is 49.7 Å². The van der Waals surface area contributed by atoms with Gasteiger partial charge in [-0.1, -0.05) is 13.8 Å². The summed E-state index contributed by atoms with van der Waals surface area (Å²) in [7, 11) is -3.26. The predicted molar refractivity (Wildman–Crippen MR) is 84.0 cm³/mol. The van der Waals surface area contributed by atoms with Gasteiger partial charge < -0.3 is 11.1 Å². The number of anilines is 1. The van der Waals surface area contributed by atoms with E-state index in [0.29, 0.717) is 5.56 Å². The SMILES string of the molecule is CC(C)c1cc(C(=O)NCC(C)(C)S(C)(=O)=O)cc(N)n1. The van der Waals surface area contributed by atoms with Gasteiger partial charge in [-0.2, -0.15) is 0 Å². The highest BCUT2D eigenvalue weighted by atomic mass is 32.2. The van der Waals surface area contributed by atoms with Crippen LogP contribution >= 0.6 is 0 Å². The second kappa shape index (κ2) is 6.01. The number of nitrogens with one attached hydrogen (secondary N) is 1. The highest BCUT2D eigenvalue weighted by Gasteiger charge is 2.30. The third kappa shape index (κ3) is 4.42. The van der Waals surface area contributed by atoms with E-state index in [1.807, 2.05) is 13.8 Å². The Kier molecular flexibility index (Phi) is 4.99. The molecule has 0 spiro atoms. The van der Waals surface area contributed by atoms with Crippen LogP contribution in [0.15, 0.2) is 12.1 Å². The molecule has 0 radical (unpaired) electrons. The number of rotatable bonds is 5. The minimum Gasteiger partial charge on any atom is -0.384 e. The Morgan fingerprint density at radius 1 is 1.38 bits per heavy atom. The minimum atomic E-state index is -3.26. The molecule has 0 unspecified atom stereocenters. The Bertz CT molecular complexity index is 637. The predicted octanol–water partition coefficient (Wildman–Crippen LogP) is 1.34. The lowest BCUT2D eigenvalue weighted by Crippen LogP contribution is -2.43. The summed E-state index contributed by atoms with van der Waals surface area (Å²) < 4.78 is 22.2. The average Bonchev–Trinajstić information content (AvgIpc) is 2.33. The molecule has 3 N–H and O–H groups in total. The van der Waals surface area contributed by atoms with E-state index in [4.69, 9.17) is 5.73 Å². The summed E-state index contributed by atoms with van der Waals surface area (Å²) in [6, 6.07) is 3.15. The Labute approximate surface area is 126 Å². The summed E-state index contributed by atoms with van der Waals surface area (Å²) in [5.41, 5.74) is 6.81. The molecule has 1 rings (SSSR count). The summed E-state index contributed by atoms with van der Waals surface area (Å²) in [4.78, 5) is 16.3. The number of hydrogen-bond donors (Lipinski definition) is 2. The highest BCUT2D eigenvalue weighted by molar-refractivity contribution is 7.92. The first-order valence-electron chi connectivity index (χ1n) is 6.69. The summed E-state index contributed by atoms with van der Waals surface area (Å²) in [6.45, 7) is 7.09. The number of nitrogens with two attached hydrogens (primary N) is 1. The fourth-order valence-corrected chi connectivity index (χ4v) is 1.86. The van der Waals surface area contributed by atoms with Gasteiger partial charge in [-0.05, 0) is 31.9 Å². The van der Waals surface area contributed by atoms with Crippen LogP contribution < -0.4 is 11.1 Å². The van der Waals surface area contributed by atoms with Crippen molar-refractivity contribution in [3.8, 4) is 0 Å². The number of amides is 1. The van der Waals surface area contributed by atoms with Crippen molar-refractivity contribution in [2.45, 2.75) is 38.4 Å². The second-order valence-electron chi connectivity index (χ2n) is 6.07. The van der Waals surface area contributed by atoms with E-state index in [1.54, 1.807) is 19.9 Å². The molecular formula is C14H23N3O3S. The zero-order chi connectivity index (χ0) is 16.4. The summed E-state index contributed by atoms with van der Waals surface area (Å²) >= 11 is 0. The van der Waals surface area contributed by atoms with E-state index in [0.717, 1.165) is 11.9 Å². The minimum absolute atomic E-state index is 0.0317. The van der Waals surface area contributed by atoms with Crippen molar-refractivity contribution in [2.24, 2.45) is 0 Å². The summed E-state index contributed by atoms with van der Waals surface area (Å²) in [5, 5.41) is 2.64. The van der Waals surface area contributed by atoms with E-state index in [-0.39, 0.29) is 24.2 Å². The zero-order valence-electron chi connectivity index (χ0n) is 13.1. The highest BCUT2D eigenvalue weighted by Crippen LogP contribution is 2.17. The zero-order valence-corrected chi connectivity index (χ0v) is 13.9. The van der Waals surface area contributed by atoms with E-state index in [9.17, 15) is 13.2 Å². The van der Waals surface area contributed by atoms with Gasteiger partial charge in [0.1, 0.15) is 5.82 Å². The Balaban J connectivity index is 2.91. The van der Waals surface area contributed by atoms with Crippen molar-refractivity contribution in [1.29, 1.82) is 0 Å². The Hall–Kier alpha value is -1.63. The first-order chi connectivity index (χ1) is 9.44. The van der Waals surface area contributed by atoms with Gasteiger partial charge in [-0.25, -0.2) is 13.4 Å². The number of pyridine rings is 1. The molecule has 1 amide bonds. The maximum Gasteiger partial charge on any atom is 0.251 e. The van der Waals surface area contributed by atoms with Gasteiger partial charge in [0.25, 0.3) is 5.91 Å². The van der Waals surface area contributed by atoms with Crippen LogP contribution in [0, 0.1) is 0 Å². The van der Waals surface area contributed by atoms with E-state index < -0.39 is 14.6 Å². The van der Waals surface area contributed by atoms with Crippen molar-refractivity contribution >= 4 is 21.6 Å². The van der Waals surface area contributed by atoms with Gasteiger partial charge in [0.05, 0.1) is 4.75 Å². The molecule has 0 saturated heterocycles.